The minimum absolute atomic E-state index is 0.0334. The van der Waals surface area contributed by atoms with Crippen molar-refractivity contribution in [2.45, 2.75) is 51.7 Å². The molecule has 0 fully saturated rings. The predicted octanol–water partition coefficient (Wildman–Crippen LogP) is 6.92. The van der Waals surface area contributed by atoms with Gasteiger partial charge in [0.1, 0.15) is 4.83 Å². The van der Waals surface area contributed by atoms with Gasteiger partial charge in [0.25, 0.3) is 5.56 Å². The molecule has 0 spiro atoms. The van der Waals surface area contributed by atoms with Gasteiger partial charge in [-0.25, -0.2) is 4.98 Å². The smallest absolute Gasteiger partial charge is 0.263 e. The lowest BCUT2D eigenvalue weighted by molar-refractivity contribution is -0.113. The van der Waals surface area contributed by atoms with Crippen molar-refractivity contribution in [3.8, 4) is 10.4 Å². The fourth-order valence-electron chi connectivity index (χ4n) is 3.72. The van der Waals surface area contributed by atoms with Crippen LogP contribution < -0.4 is 10.9 Å². The van der Waals surface area contributed by atoms with Crippen molar-refractivity contribution < 1.29 is 4.79 Å². The third-order valence-electron chi connectivity index (χ3n) is 5.38. The van der Waals surface area contributed by atoms with Crippen molar-refractivity contribution in [1.82, 2.24) is 9.55 Å². The fraction of sp³-hybridized carbons (Fsp3) is 0.346. The maximum Gasteiger partial charge on any atom is 0.263 e. The van der Waals surface area contributed by atoms with Crippen molar-refractivity contribution in [1.29, 1.82) is 0 Å². The zero-order valence-corrected chi connectivity index (χ0v) is 22.1. The van der Waals surface area contributed by atoms with Crippen molar-refractivity contribution in [3.05, 3.63) is 63.1 Å². The molecule has 0 aliphatic carbocycles. The number of thioether (sulfide) groups is 1. The minimum Gasteiger partial charge on any atom is -0.325 e. The van der Waals surface area contributed by atoms with E-state index in [0.717, 1.165) is 40.2 Å². The molecule has 0 atom stereocenters. The summed E-state index contributed by atoms with van der Waals surface area (Å²) < 4.78 is 1.73. The summed E-state index contributed by atoms with van der Waals surface area (Å²) in [4.78, 5) is 32.8. The van der Waals surface area contributed by atoms with Gasteiger partial charge in [0, 0.05) is 28.1 Å². The van der Waals surface area contributed by atoms with Gasteiger partial charge in [-0.05, 0) is 47.9 Å². The molecule has 1 N–H and O–H groups in total. The van der Waals surface area contributed by atoms with Crippen LogP contribution in [0.25, 0.3) is 20.7 Å². The lowest BCUT2D eigenvalue weighted by atomic mass is 10.1. The van der Waals surface area contributed by atoms with Crippen molar-refractivity contribution in [2.75, 3.05) is 11.1 Å². The van der Waals surface area contributed by atoms with Crippen LogP contribution in [0.15, 0.2) is 57.1 Å². The number of fused-ring (bicyclic) bond motifs is 1. The second-order valence-electron chi connectivity index (χ2n) is 8.65. The molecule has 0 bridgehead atoms. The Bertz CT molecular complexity index is 1310. The van der Waals surface area contributed by atoms with Crippen LogP contribution >= 0.6 is 34.4 Å². The van der Waals surface area contributed by atoms with Gasteiger partial charge in [0.05, 0.1) is 11.1 Å². The lowest BCUT2D eigenvalue weighted by Gasteiger charge is -2.14. The number of unbranched alkanes of at least 4 members (excludes halogenated alkanes) is 1. The molecule has 1 aromatic carbocycles. The number of aromatic nitrogens is 2. The van der Waals surface area contributed by atoms with Crippen LogP contribution in [0.1, 0.15) is 39.2 Å². The van der Waals surface area contributed by atoms with E-state index in [1.165, 1.54) is 28.7 Å². The number of nitrogens with one attached hydrogen (secondary N) is 1. The summed E-state index contributed by atoms with van der Waals surface area (Å²) in [5, 5.41) is 8.25. The third-order valence-corrected chi connectivity index (χ3v) is 8.13. The summed E-state index contributed by atoms with van der Waals surface area (Å²) in [6.07, 6.45) is 3.38. The monoisotopic (exact) mass is 511 g/mol. The molecule has 178 valence electrons. The second-order valence-corrected chi connectivity index (χ2v) is 11.4. The molecule has 1 amide bonds. The number of hydrogen-bond donors (Lipinski definition) is 1. The number of thiophene rings is 2. The van der Waals surface area contributed by atoms with Crippen molar-refractivity contribution in [2.24, 2.45) is 5.92 Å². The second kappa shape index (κ2) is 11.3. The van der Waals surface area contributed by atoms with Crippen LogP contribution in [0.4, 0.5) is 5.69 Å². The average molecular weight is 512 g/mol. The van der Waals surface area contributed by atoms with Crippen molar-refractivity contribution in [3.63, 3.8) is 0 Å². The molecule has 3 heterocycles. The molecule has 0 aliphatic heterocycles. The van der Waals surface area contributed by atoms with Crippen LogP contribution in [0, 0.1) is 5.92 Å². The molecule has 4 aromatic rings. The van der Waals surface area contributed by atoms with Gasteiger partial charge < -0.3 is 5.32 Å². The number of amides is 1. The minimum atomic E-state index is -0.109. The van der Waals surface area contributed by atoms with Gasteiger partial charge in [0.2, 0.25) is 5.91 Å². The standard InChI is InChI=1S/C26H29N3O2S3/c1-4-5-7-18-9-11-19(12-10-18)27-22(30)16-34-26-28-24-23(25(31)29(26)14-17(2)3)20(15-33-24)21-8-6-13-32-21/h6,8-13,15,17H,4-5,7,14,16H2,1-3H3,(H,27,30). The number of nitrogens with zero attached hydrogens (tertiary/aromatic N) is 2. The van der Waals surface area contributed by atoms with E-state index in [4.69, 9.17) is 4.98 Å². The molecule has 8 heteroatoms. The Balaban J connectivity index is 1.53. The Kier molecular flexibility index (Phi) is 8.24. The maximum atomic E-state index is 13.5. The largest absolute Gasteiger partial charge is 0.325 e. The molecule has 0 unspecified atom stereocenters. The lowest BCUT2D eigenvalue weighted by Crippen LogP contribution is -2.26. The summed E-state index contributed by atoms with van der Waals surface area (Å²) >= 11 is 4.42. The Morgan fingerprint density at radius 1 is 1.18 bits per heavy atom. The molecule has 3 aromatic heterocycles. The Morgan fingerprint density at radius 3 is 2.65 bits per heavy atom. The summed E-state index contributed by atoms with van der Waals surface area (Å²) in [6, 6.07) is 12.0. The van der Waals surface area contributed by atoms with Crippen LogP contribution in [0.2, 0.25) is 0 Å². The van der Waals surface area contributed by atoms with E-state index in [2.05, 4.69) is 38.2 Å². The zero-order valence-electron chi connectivity index (χ0n) is 19.7. The molecular formula is C26H29N3O2S3. The molecule has 4 rings (SSSR count). The van der Waals surface area contributed by atoms with E-state index in [0.29, 0.717) is 17.1 Å². The van der Waals surface area contributed by atoms with Gasteiger partial charge in [0.15, 0.2) is 5.16 Å². The first-order valence-electron chi connectivity index (χ1n) is 11.5. The molecule has 5 nitrogen and oxygen atoms in total. The summed E-state index contributed by atoms with van der Waals surface area (Å²) in [6.45, 7) is 6.90. The zero-order chi connectivity index (χ0) is 24.1. The number of aryl methyl sites for hydroxylation is 1. The van der Waals surface area contributed by atoms with Gasteiger partial charge in [-0.1, -0.05) is 57.2 Å². The van der Waals surface area contributed by atoms with E-state index in [1.54, 1.807) is 15.9 Å². The highest BCUT2D eigenvalue weighted by Crippen LogP contribution is 2.34. The highest BCUT2D eigenvalue weighted by molar-refractivity contribution is 7.99. The summed E-state index contributed by atoms with van der Waals surface area (Å²) in [5.74, 6) is 0.360. The first kappa shape index (κ1) is 24.7. The predicted molar refractivity (Wildman–Crippen MR) is 146 cm³/mol. The van der Waals surface area contributed by atoms with Crippen LogP contribution in [0.5, 0.6) is 0 Å². The molecular weight excluding hydrogens is 483 g/mol. The topological polar surface area (TPSA) is 64.0 Å². The maximum absolute atomic E-state index is 13.5. The van der Waals surface area contributed by atoms with Crippen molar-refractivity contribution >= 4 is 56.2 Å². The Morgan fingerprint density at radius 2 is 1.97 bits per heavy atom. The van der Waals surface area contributed by atoms with E-state index < -0.39 is 0 Å². The Hall–Kier alpha value is -2.42. The first-order chi connectivity index (χ1) is 16.5. The number of hydrogen-bond acceptors (Lipinski definition) is 6. The molecule has 0 aliphatic rings. The third kappa shape index (κ3) is 5.79. The summed E-state index contributed by atoms with van der Waals surface area (Å²) in [7, 11) is 0. The summed E-state index contributed by atoms with van der Waals surface area (Å²) in [5.41, 5.74) is 2.98. The number of carbonyl (C=O) groups is 1. The van der Waals surface area contributed by atoms with Gasteiger partial charge in [-0.2, -0.15) is 0 Å². The van der Waals surface area contributed by atoms with Crippen LogP contribution in [0.3, 0.4) is 0 Å². The van der Waals surface area contributed by atoms with E-state index >= 15 is 0 Å². The van der Waals surface area contributed by atoms with E-state index in [-0.39, 0.29) is 23.1 Å². The van der Waals surface area contributed by atoms with Gasteiger partial charge in [-0.15, -0.1) is 22.7 Å². The van der Waals surface area contributed by atoms with Crippen LogP contribution in [-0.4, -0.2) is 21.2 Å². The van der Waals surface area contributed by atoms with Gasteiger partial charge >= 0.3 is 0 Å². The van der Waals surface area contributed by atoms with E-state index in [9.17, 15) is 9.59 Å². The molecule has 0 saturated carbocycles. The highest BCUT2D eigenvalue weighted by atomic mass is 32.2. The quantitative estimate of drug-likeness (QED) is 0.185. The highest BCUT2D eigenvalue weighted by Gasteiger charge is 2.19. The number of anilines is 1. The number of carbonyl (C=O) groups excluding carboxylic acids is 1. The first-order valence-corrected chi connectivity index (χ1v) is 14.3. The Labute approximate surface area is 212 Å². The number of benzene rings is 1. The molecule has 0 radical (unpaired) electrons. The fourth-order valence-corrected chi connectivity index (χ4v) is 6.33. The molecule has 34 heavy (non-hydrogen) atoms. The number of rotatable bonds is 10. The van der Waals surface area contributed by atoms with Gasteiger partial charge in [-0.3, -0.25) is 14.2 Å². The normalized spacial score (nSPS) is 11.4. The molecule has 0 saturated heterocycles. The van der Waals surface area contributed by atoms with E-state index in [1.807, 2.05) is 35.0 Å². The average Bonchev–Trinajstić information content (AvgIpc) is 3.49. The van der Waals surface area contributed by atoms with Crippen LogP contribution in [-0.2, 0) is 17.8 Å². The SMILES string of the molecule is CCCCc1ccc(NC(=O)CSc2nc3scc(-c4cccs4)c3c(=O)n2CC(C)C)cc1.